The van der Waals surface area contributed by atoms with Crippen LogP contribution in [-0.2, 0) is 77.8 Å². The number of amides is 1. The first-order valence-corrected chi connectivity index (χ1v) is 33.0. The molecule has 2 fully saturated rings. The lowest BCUT2D eigenvalue weighted by molar-refractivity contribution is -0.282. The number of hydrogen-bond acceptors (Lipinski definition) is 11. The number of benzene rings is 5. The van der Waals surface area contributed by atoms with Crippen LogP contribution in [0.3, 0.4) is 0 Å². The molecule has 2 unspecified atom stereocenters. The van der Waals surface area contributed by atoms with Crippen molar-refractivity contribution in [2.24, 2.45) is 5.92 Å². The third-order valence-electron chi connectivity index (χ3n) is 15.9. The van der Waals surface area contributed by atoms with Crippen LogP contribution in [0.4, 0.5) is 0 Å². The third kappa shape index (κ3) is 24.5. The first-order valence-electron chi connectivity index (χ1n) is 31.5. The first kappa shape index (κ1) is 65.5. The van der Waals surface area contributed by atoms with Crippen molar-refractivity contribution in [3.8, 4) is 0 Å². The maximum atomic E-state index is 15.4. The largest absolute Gasteiger partial charge is 0.475 e. The molecule has 5 aromatic carbocycles. The van der Waals surface area contributed by atoms with E-state index in [-0.39, 0.29) is 45.0 Å². The van der Waals surface area contributed by atoms with Crippen molar-refractivity contribution in [1.29, 1.82) is 0 Å². The van der Waals surface area contributed by atoms with Crippen molar-refractivity contribution in [3.63, 3.8) is 0 Å². The smallest absolute Gasteiger partial charge is 0.457 e. The van der Waals surface area contributed by atoms with Crippen LogP contribution < -0.4 is 5.32 Å². The van der Waals surface area contributed by atoms with E-state index in [1.54, 1.807) is 0 Å². The van der Waals surface area contributed by atoms with Crippen LogP contribution in [0.1, 0.15) is 196 Å². The minimum absolute atomic E-state index is 0.0270. The van der Waals surface area contributed by atoms with Gasteiger partial charge in [-0.15, -0.1) is 0 Å². The van der Waals surface area contributed by atoms with Gasteiger partial charge in [-0.3, -0.25) is 23.2 Å². The minimum atomic E-state index is -4.48. The Morgan fingerprint density at radius 3 is 1.40 bits per heavy atom. The Morgan fingerprint density at radius 2 is 0.940 bits per heavy atom. The second kappa shape index (κ2) is 38.1. The van der Waals surface area contributed by atoms with E-state index in [9.17, 15) is 4.79 Å². The number of ether oxygens (including phenoxy) is 5. The molecule has 0 aromatic heterocycles. The zero-order valence-electron chi connectivity index (χ0n) is 49.8. The third-order valence-corrected chi connectivity index (χ3v) is 17.4. The monoisotopic (exact) mass is 1160 g/mol. The highest BCUT2D eigenvalue weighted by Gasteiger charge is 2.54. The highest BCUT2D eigenvalue weighted by Crippen LogP contribution is 2.55. The van der Waals surface area contributed by atoms with Gasteiger partial charge in [0.15, 0.2) is 12.4 Å². The fourth-order valence-corrected chi connectivity index (χ4v) is 12.6. The average Bonchev–Trinajstić information content (AvgIpc) is 3.52. The quantitative estimate of drug-likeness (QED) is 0.0227. The van der Waals surface area contributed by atoms with Crippen molar-refractivity contribution >= 4 is 19.7 Å². The molecule has 7 rings (SSSR count). The van der Waals surface area contributed by atoms with Crippen LogP contribution in [0.25, 0.3) is 0 Å². The summed E-state index contributed by atoms with van der Waals surface area (Å²) >= 11 is 0. The van der Waals surface area contributed by atoms with Crippen molar-refractivity contribution < 1.29 is 51.4 Å². The van der Waals surface area contributed by atoms with Crippen molar-refractivity contribution in [3.05, 3.63) is 179 Å². The highest BCUT2D eigenvalue weighted by molar-refractivity contribution is 7.48. The summed E-state index contributed by atoms with van der Waals surface area (Å²) in [6, 6.07) is 47.4. The lowest BCUT2D eigenvalue weighted by Gasteiger charge is -2.49. The minimum Gasteiger partial charge on any atom is -0.457 e. The Morgan fingerprint density at radius 1 is 0.530 bits per heavy atom. The molecule has 13 heteroatoms. The molecule has 0 radical (unpaired) electrons. The van der Waals surface area contributed by atoms with Crippen LogP contribution in [0.2, 0.25) is 0 Å². The fraction of sp³-hybridized carbons (Fsp3) is 0.543. The van der Waals surface area contributed by atoms with Crippen molar-refractivity contribution in [2.45, 2.75) is 231 Å². The van der Waals surface area contributed by atoms with E-state index in [2.05, 4.69) is 19.2 Å². The Labute approximate surface area is 497 Å². The van der Waals surface area contributed by atoms with Gasteiger partial charge in [-0.1, -0.05) is 281 Å². The van der Waals surface area contributed by atoms with Crippen LogP contribution in [-0.4, -0.2) is 55.0 Å². The van der Waals surface area contributed by atoms with Gasteiger partial charge < -0.3 is 29.0 Å². The topological polar surface area (TPSA) is 137 Å². The van der Waals surface area contributed by atoms with Gasteiger partial charge in [-0.2, -0.15) is 0 Å². The summed E-state index contributed by atoms with van der Waals surface area (Å²) < 4.78 is 68.0. The molecule has 1 saturated carbocycles. The number of phosphoric ester groups is 1. The van der Waals surface area contributed by atoms with Crippen LogP contribution >= 0.6 is 7.82 Å². The summed E-state index contributed by atoms with van der Waals surface area (Å²) in [5.41, 5.74) is 4.35. The molecule has 5 aromatic rings. The van der Waals surface area contributed by atoms with Gasteiger partial charge in [0.1, 0.15) is 6.10 Å². The summed E-state index contributed by atoms with van der Waals surface area (Å²) in [6.07, 6.45) is 18.0. The Hall–Kier alpha value is -5.01. The highest BCUT2D eigenvalue weighted by atomic mass is 31.2. The maximum absolute atomic E-state index is 15.4. The number of fused-ring (bicyclic) bond motifs is 1. The number of rotatable bonds is 41. The molecule has 0 spiro atoms. The lowest BCUT2D eigenvalue weighted by atomic mass is 9.78. The molecule has 1 amide bonds. The fourth-order valence-electron chi connectivity index (χ4n) is 11.2. The van der Waals surface area contributed by atoms with E-state index in [0.717, 1.165) is 66.3 Å². The number of phosphoric acid groups is 1. The number of nitrogens with one attached hydrogen (secondary N) is 1. The Bertz CT molecular complexity index is 2500. The summed E-state index contributed by atoms with van der Waals surface area (Å²) in [4.78, 5) is 30.0. The van der Waals surface area contributed by atoms with E-state index in [1.807, 2.05) is 152 Å². The molecule has 0 bridgehead atoms. The average molecular weight is 1160 g/mol. The molecule has 83 heavy (non-hydrogen) atoms. The van der Waals surface area contributed by atoms with E-state index < -0.39 is 62.6 Å². The lowest BCUT2D eigenvalue weighted by Crippen LogP contribution is -2.65. The molecular weight excluding hydrogens is 1060 g/mol. The normalized spacial score (nSPS) is 19.6. The Balaban J connectivity index is 1.17. The molecule has 1 heterocycles. The second-order valence-electron chi connectivity index (χ2n) is 22.8. The maximum Gasteiger partial charge on any atom is 0.475 e. The van der Waals surface area contributed by atoms with Crippen molar-refractivity contribution in [2.75, 3.05) is 6.61 Å². The van der Waals surface area contributed by atoms with Gasteiger partial charge in [-0.05, 0) is 41.5 Å². The molecule has 1 saturated heterocycles. The number of unbranched alkanes of at least 4 members (excludes halogenated alkanes) is 16. The predicted octanol–water partition coefficient (Wildman–Crippen LogP) is 17.2. The van der Waals surface area contributed by atoms with E-state index in [4.69, 9.17) is 37.3 Å². The number of carbonyl (C=O) groups excluding carboxylic acids is 2. The van der Waals surface area contributed by atoms with Crippen molar-refractivity contribution in [1.82, 2.24) is 5.32 Å². The summed E-state index contributed by atoms with van der Waals surface area (Å²) in [6.45, 7) is 5.22. The molecule has 1 aliphatic heterocycles. The van der Waals surface area contributed by atoms with E-state index in [1.165, 1.54) is 77.0 Å². The van der Waals surface area contributed by atoms with Gasteiger partial charge >= 0.3 is 13.8 Å². The summed E-state index contributed by atoms with van der Waals surface area (Å²) in [5.74, 6) is -1.26. The SMILES string of the molecule is CCCCCCCCCCC[C@H](CC(=O)N[C@H]1[C@@H](OP(=O)(OCc2ccccc2)OCc2ccccc2)CC2CO[C@@H](c3ccccc3)OC2[C@@H]1OC(=O)C[C@@H](CCCCCCCCCCC)OCc1ccccc1)OCc1ccccc1. The van der Waals surface area contributed by atoms with E-state index in [0.29, 0.717) is 26.1 Å². The van der Waals surface area contributed by atoms with Crippen LogP contribution in [0.5, 0.6) is 0 Å². The zero-order valence-corrected chi connectivity index (χ0v) is 50.7. The summed E-state index contributed by atoms with van der Waals surface area (Å²) in [7, 11) is -4.48. The van der Waals surface area contributed by atoms with Gasteiger partial charge in [-0.25, -0.2) is 4.57 Å². The van der Waals surface area contributed by atoms with E-state index >= 15 is 9.36 Å². The van der Waals surface area contributed by atoms with Crippen LogP contribution in [0.15, 0.2) is 152 Å². The Kier molecular flexibility index (Phi) is 30.1. The van der Waals surface area contributed by atoms with Gasteiger partial charge in [0, 0.05) is 11.5 Å². The molecule has 2 aliphatic rings. The predicted molar refractivity (Wildman–Crippen MR) is 328 cm³/mol. The zero-order chi connectivity index (χ0) is 58.0. The molecule has 1 N–H and O–H groups in total. The number of carbonyl (C=O) groups is 2. The van der Waals surface area contributed by atoms with Gasteiger partial charge in [0.2, 0.25) is 5.91 Å². The standard InChI is InChI=1S/C70H96NO11P/c1-3-5-7-9-11-13-15-17-34-46-62(75-51-56-36-24-19-25-37-56)49-65(72)71-67-64(82-83(74,78-53-58-40-28-21-29-41-58)79-54-59-42-30-22-31-43-59)48-61-55-77-70(60-44-32-23-33-45-60)81-68(61)69(67)80-66(73)50-63(76-52-57-38-26-20-27-39-57)47-35-18-16-14-12-10-8-6-4-2/h19-33,36-45,61-64,67-70H,3-18,34-35,46-55H2,1-2H3,(H,71,72)/t61?,62-,63-,64+,67+,68?,69-,70-/m1/s1. The second-order valence-corrected chi connectivity index (χ2v) is 24.4. The molecule has 1 aliphatic carbocycles. The molecule has 8 atom stereocenters. The van der Waals surface area contributed by atoms with Crippen LogP contribution in [0, 0.1) is 5.92 Å². The van der Waals surface area contributed by atoms with Gasteiger partial charge in [0.25, 0.3) is 0 Å². The number of hydrogen-bond donors (Lipinski definition) is 1. The first-order chi connectivity index (χ1) is 40.8. The molecular formula is C70H96NO11P. The molecule has 12 nitrogen and oxygen atoms in total. The summed E-state index contributed by atoms with van der Waals surface area (Å²) in [5, 5.41) is 3.31. The molecule has 452 valence electrons. The van der Waals surface area contributed by atoms with Gasteiger partial charge in [0.05, 0.1) is 70.2 Å². The number of esters is 1.